The third-order valence-electron chi connectivity index (χ3n) is 4.66. The van der Waals surface area contributed by atoms with E-state index in [4.69, 9.17) is 23.2 Å². The molecule has 4 nitrogen and oxygen atoms in total. The minimum Gasteiger partial charge on any atom is -0.334 e. The van der Waals surface area contributed by atoms with Crippen molar-refractivity contribution in [3.05, 3.63) is 33.1 Å². The van der Waals surface area contributed by atoms with E-state index in [0.717, 1.165) is 16.2 Å². The maximum atomic E-state index is 13.6. The highest BCUT2D eigenvalue weighted by Gasteiger charge is 2.76. The lowest BCUT2D eigenvalue weighted by Gasteiger charge is -2.37. The first kappa shape index (κ1) is 23.9. The monoisotopic (exact) mass is 510 g/mol. The molecule has 2 amide bonds. The summed E-state index contributed by atoms with van der Waals surface area (Å²) in [5.74, 6) is -15.8. The van der Waals surface area contributed by atoms with Gasteiger partial charge in [0.1, 0.15) is 4.88 Å². The highest BCUT2D eigenvalue weighted by atomic mass is 35.5. The van der Waals surface area contributed by atoms with Gasteiger partial charge in [-0.25, -0.2) is 0 Å². The van der Waals surface area contributed by atoms with Crippen molar-refractivity contribution in [2.45, 2.75) is 18.0 Å². The molecule has 0 radical (unpaired) electrons. The van der Waals surface area contributed by atoms with Gasteiger partial charge >= 0.3 is 18.0 Å². The molecule has 1 aromatic carbocycles. The van der Waals surface area contributed by atoms with E-state index in [9.17, 15) is 40.3 Å². The SMILES string of the molecule is O=C(c1sc2cc(Cl)ccc2c1Cl)N1CCN(C(=O)C(F)(F)C(F)(F)C(F)(F)F)CC1. The molecular weight excluding hydrogens is 500 g/mol. The predicted molar refractivity (Wildman–Crippen MR) is 100 cm³/mol. The van der Waals surface area contributed by atoms with E-state index in [2.05, 4.69) is 0 Å². The van der Waals surface area contributed by atoms with Crippen molar-refractivity contribution < 1.29 is 40.3 Å². The predicted octanol–water partition coefficient (Wildman–Crippen LogP) is 5.33. The van der Waals surface area contributed by atoms with E-state index in [1.165, 1.54) is 0 Å². The van der Waals surface area contributed by atoms with E-state index in [1.54, 1.807) is 18.2 Å². The summed E-state index contributed by atoms with van der Waals surface area (Å²) in [6.07, 6.45) is -6.61. The summed E-state index contributed by atoms with van der Waals surface area (Å²) >= 11 is 13.1. The molecule has 0 atom stereocenters. The standard InChI is InChI=1S/C17H11Cl2F7N2O2S/c18-8-1-2-9-10(7-8)31-12(11(9)19)13(29)27-3-5-28(6-4-27)14(30)15(20,21)16(22,23)17(24,25)26/h1-2,7H,3-6H2. The van der Waals surface area contributed by atoms with Gasteiger partial charge in [0.05, 0.1) is 5.02 Å². The van der Waals surface area contributed by atoms with Gasteiger partial charge in [-0.2, -0.15) is 30.7 Å². The maximum Gasteiger partial charge on any atom is 0.460 e. The lowest BCUT2D eigenvalue weighted by molar-refractivity contribution is -0.346. The first-order chi connectivity index (χ1) is 14.2. The third-order valence-corrected chi connectivity index (χ3v) is 6.54. The number of alkyl halides is 7. The highest BCUT2D eigenvalue weighted by molar-refractivity contribution is 7.21. The second-order valence-corrected chi connectivity index (χ2v) is 8.48. The Kier molecular flexibility index (Phi) is 6.13. The fourth-order valence-corrected chi connectivity index (χ4v) is 4.70. The van der Waals surface area contributed by atoms with Gasteiger partial charge in [-0.3, -0.25) is 9.59 Å². The average molecular weight is 511 g/mol. The summed E-state index contributed by atoms with van der Waals surface area (Å²) < 4.78 is 91.0. The second-order valence-electron chi connectivity index (χ2n) is 6.62. The fourth-order valence-electron chi connectivity index (χ4n) is 2.94. The van der Waals surface area contributed by atoms with Crippen molar-refractivity contribution in [1.29, 1.82) is 0 Å². The molecule has 170 valence electrons. The van der Waals surface area contributed by atoms with Crippen LogP contribution in [-0.4, -0.2) is 65.8 Å². The smallest absolute Gasteiger partial charge is 0.334 e. The molecule has 0 bridgehead atoms. The minimum absolute atomic E-state index is 0.118. The molecule has 1 aliphatic heterocycles. The van der Waals surface area contributed by atoms with Crippen LogP contribution < -0.4 is 0 Å². The molecule has 0 N–H and O–H groups in total. The van der Waals surface area contributed by atoms with Gasteiger partial charge in [-0.15, -0.1) is 11.3 Å². The Balaban J connectivity index is 1.73. The zero-order valence-corrected chi connectivity index (χ0v) is 17.4. The van der Waals surface area contributed by atoms with Crippen molar-refractivity contribution in [1.82, 2.24) is 9.80 Å². The number of fused-ring (bicyclic) bond motifs is 1. The van der Waals surface area contributed by atoms with E-state index >= 15 is 0 Å². The van der Waals surface area contributed by atoms with Gasteiger partial charge in [-0.05, 0) is 12.1 Å². The van der Waals surface area contributed by atoms with Crippen LogP contribution in [0.2, 0.25) is 10.0 Å². The lowest BCUT2D eigenvalue weighted by atomic mass is 10.1. The molecule has 3 rings (SSSR count). The quantitative estimate of drug-likeness (QED) is 0.524. The molecule has 2 aromatic rings. The lowest BCUT2D eigenvalue weighted by Crippen LogP contribution is -2.62. The van der Waals surface area contributed by atoms with Crippen LogP contribution in [0.3, 0.4) is 0 Å². The number of thiophene rings is 1. The van der Waals surface area contributed by atoms with Crippen molar-refractivity contribution in [3.63, 3.8) is 0 Å². The minimum atomic E-state index is -6.61. The Morgan fingerprint density at radius 1 is 0.903 bits per heavy atom. The number of hydrogen-bond donors (Lipinski definition) is 0. The van der Waals surface area contributed by atoms with Crippen LogP contribution in [0.5, 0.6) is 0 Å². The number of piperazine rings is 1. The maximum absolute atomic E-state index is 13.6. The molecule has 0 spiro atoms. The number of nitrogens with zero attached hydrogens (tertiary/aromatic N) is 2. The van der Waals surface area contributed by atoms with Crippen molar-refractivity contribution in [2.75, 3.05) is 26.2 Å². The van der Waals surface area contributed by atoms with Crippen LogP contribution in [0, 0.1) is 0 Å². The van der Waals surface area contributed by atoms with Crippen LogP contribution in [0.25, 0.3) is 10.1 Å². The van der Waals surface area contributed by atoms with Crippen LogP contribution in [0.4, 0.5) is 30.7 Å². The third kappa shape index (κ3) is 4.05. The van der Waals surface area contributed by atoms with Gasteiger partial charge < -0.3 is 9.80 Å². The molecule has 31 heavy (non-hydrogen) atoms. The molecule has 14 heteroatoms. The normalized spacial score (nSPS) is 16.2. The van der Waals surface area contributed by atoms with E-state index in [1.807, 2.05) is 0 Å². The highest BCUT2D eigenvalue weighted by Crippen LogP contribution is 2.47. The molecule has 0 aliphatic carbocycles. The molecule has 1 fully saturated rings. The molecule has 2 heterocycles. The number of carbonyl (C=O) groups is 2. The molecule has 1 saturated heterocycles. The summed E-state index contributed by atoms with van der Waals surface area (Å²) in [6.45, 7) is -2.02. The summed E-state index contributed by atoms with van der Waals surface area (Å²) in [5, 5.41) is 1.10. The fraction of sp³-hybridized carbons (Fsp3) is 0.412. The summed E-state index contributed by atoms with van der Waals surface area (Å²) in [6, 6.07) is 4.76. The Morgan fingerprint density at radius 2 is 1.45 bits per heavy atom. The summed E-state index contributed by atoms with van der Waals surface area (Å²) in [7, 11) is 0. The van der Waals surface area contributed by atoms with Gasteiger partial charge in [0, 0.05) is 41.3 Å². The molecule has 1 aromatic heterocycles. The average Bonchev–Trinajstić information content (AvgIpc) is 3.01. The van der Waals surface area contributed by atoms with Crippen LogP contribution in [0.1, 0.15) is 9.67 Å². The number of benzene rings is 1. The number of hydrogen-bond acceptors (Lipinski definition) is 3. The van der Waals surface area contributed by atoms with Crippen LogP contribution >= 0.6 is 34.5 Å². The van der Waals surface area contributed by atoms with E-state index in [0.29, 0.717) is 15.1 Å². The van der Waals surface area contributed by atoms with Crippen LogP contribution in [0.15, 0.2) is 18.2 Å². The first-order valence-corrected chi connectivity index (χ1v) is 10.0. The Labute approximate surface area is 184 Å². The molecule has 1 aliphatic rings. The topological polar surface area (TPSA) is 40.6 Å². The van der Waals surface area contributed by atoms with E-state index in [-0.39, 0.29) is 27.9 Å². The van der Waals surface area contributed by atoms with Gasteiger partial charge in [0.2, 0.25) is 0 Å². The van der Waals surface area contributed by atoms with Crippen molar-refractivity contribution in [3.8, 4) is 0 Å². The molecule has 0 saturated carbocycles. The first-order valence-electron chi connectivity index (χ1n) is 8.47. The molecular formula is C17H11Cl2F7N2O2S. The Morgan fingerprint density at radius 3 is 2.00 bits per heavy atom. The van der Waals surface area contributed by atoms with Crippen molar-refractivity contribution >= 4 is 56.4 Å². The largest absolute Gasteiger partial charge is 0.460 e. The van der Waals surface area contributed by atoms with E-state index < -0.39 is 42.9 Å². The zero-order chi connectivity index (χ0) is 23.4. The Bertz CT molecular complexity index is 1030. The summed E-state index contributed by atoms with van der Waals surface area (Å²) in [5.41, 5.74) is 0. The summed E-state index contributed by atoms with van der Waals surface area (Å²) in [4.78, 5) is 25.9. The molecule has 0 unspecified atom stereocenters. The van der Waals surface area contributed by atoms with Crippen molar-refractivity contribution in [2.24, 2.45) is 0 Å². The zero-order valence-electron chi connectivity index (χ0n) is 15.1. The number of amides is 2. The van der Waals surface area contributed by atoms with Gasteiger partial charge in [0.25, 0.3) is 11.8 Å². The van der Waals surface area contributed by atoms with Crippen LogP contribution in [-0.2, 0) is 4.79 Å². The Hall–Kier alpha value is -1.79. The second kappa shape index (κ2) is 7.96. The van der Waals surface area contributed by atoms with Gasteiger partial charge in [0.15, 0.2) is 0 Å². The number of carbonyl (C=O) groups excluding carboxylic acids is 2. The van der Waals surface area contributed by atoms with Gasteiger partial charge in [-0.1, -0.05) is 29.3 Å². The number of rotatable bonds is 3. The number of halogens is 9.